The maximum atomic E-state index is 11.6. The van der Waals surface area contributed by atoms with Crippen LogP contribution in [0.15, 0.2) is 36.1 Å². The van der Waals surface area contributed by atoms with Crippen LogP contribution >= 0.6 is 0 Å². The first kappa shape index (κ1) is 16.3. The fourth-order valence-electron chi connectivity index (χ4n) is 1.89. The van der Waals surface area contributed by atoms with Gasteiger partial charge in [0, 0.05) is 13.1 Å². The summed E-state index contributed by atoms with van der Waals surface area (Å²) < 4.78 is 5.22. The molecule has 1 aliphatic heterocycles. The van der Waals surface area contributed by atoms with Crippen LogP contribution < -0.4 is 10.6 Å². The standard InChI is InChI=1S/C16H26N2O2/c1-13-8-6-5-7-10-17-12-14(13)9-11-18-15(19)20-16(2,3)4/h5-8,10,14,17H,9,11-12H2,1-4H3,(H,18,19)/b6-5-,10-7+,13-8+. The average molecular weight is 278 g/mol. The molecule has 1 heterocycles. The Balaban J connectivity index is 2.40. The molecule has 1 rings (SSSR count). The molecule has 1 aliphatic rings. The molecule has 20 heavy (non-hydrogen) atoms. The van der Waals surface area contributed by atoms with Crippen LogP contribution in [-0.4, -0.2) is 24.8 Å². The molecule has 0 aliphatic carbocycles. The van der Waals surface area contributed by atoms with Crippen LogP contribution in [0.2, 0.25) is 0 Å². The molecule has 0 fully saturated rings. The molecule has 0 spiro atoms. The second-order valence-corrected chi connectivity index (χ2v) is 5.98. The number of alkyl carbamates (subject to hydrolysis) is 1. The third-order valence-electron chi connectivity index (χ3n) is 2.96. The van der Waals surface area contributed by atoms with Crippen LogP contribution in [0.3, 0.4) is 0 Å². The van der Waals surface area contributed by atoms with E-state index in [4.69, 9.17) is 4.74 Å². The lowest BCUT2D eigenvalue weighted by Gasteiger charge is -2.21. The van der Waals surface area contributed by atoms with E-state index in [-0.39, 0.29) is 6.09 Å². The fourth-order valence-corrected chi connectivity index (χ4v) is 1.89. The SMILES string of the molecule is C\C1=C/C=C\C=C\NCC1CCNC(=O)OC(C)(C)C. The van der Waals surface area contributed by atoms with Crippen LogP contribution in [0.5, 0.6) is 0 Å². The molecule has 0 saturated carbocycles. The summed E-state index contributed by atoms with van der Waals surface area (Å²) in [6.45, 7) is 9.19. The van der Waals surface area contributed by atoms with E-state index in [1.54, 1.807) is 0 Å². The summed E-state index contributed by atoms with van der Waals surface area (Å²) in [7, 11) is 0. The average Bonchev–Trinajstić information content (AvgIpc) is 2.41. The van der Waals surface area contributed by atoms with Crippen molar-refractivity contribution in [2.75, 3.05) is 13.1 Å². The highest BCUT2D eigenvalue weighted by Gasteiger charge is 2.16. The molecule has 0 bridgehead atoms. The maximum absolute atomic E-state index is 11.6. The highest BCUT2D eigenvalue weighted by Crippen LogP contribution is 2.15. The summed E-state index contributed by atoms with van der Waals surface area (Å²) in [5, 5.41) is 6.07. The summed E-state index contributed by atoms with van der Waals surface area (Å²) in [5.41, 5.74) is 0.860. The molecule has 0 aromatic rings. The quantitative estimate of drug-likeness (QED) is 0.834. The Kier molecular flexibility index (Phi) is 6.36. The largest absolute Gasteiger partial charge is 0.444 e. The highest BCUT2D eigenvalue weighted by molar-refractivity contribution is 5.67. The summed E-state index contributed by atoms with van der Waals surface area (Å²) in [4.78, 5) is 11.6. The van der Waals surface area contributed by atoms with Crippen LogP contribution in [0, 0.1) is 5.92 Å². The Labute approximate surface area is 122 Å². The molecule has 1 atom stereocenters. The zero-order chi connectivity index (χ0) is 15.0. The van der Waals surface area contributed by atoms with Gasteiger partial charge in [0.1, 0.15) is 5.60 Å². The zero-order valence-corrected chi connectivity index (χ0v) is 12.9. The second kappa shape index (κ2) is 7.78. The molecule has 0 aromatic carbocycles. The van der Waals surface area contributed by atoms with Crippen molar-refractivity contribution in [3.8, 4) is 0 Å². The van der Waals surface area contributed by atoms with Crippen molar-refractivity contribution in [3.05, 3.63) is 36.1 Å². The zero-order valence-electron chi connectivity index (χ0n) is 12.9. The number of ether oxygens (including phenoxy) is 1. The van der Waals surface area contributed by atoms with Gasteiger partial charge in [-0.25, -0.2) is 4.79 Å². The Morgan fingerprint density at radius 3 is 2.85 bits per heavy atom. The number of amides is 1. The molecule has 0 aromatic heterocycles. The van der Waals surface area contributed by atoms with Gasteiger partial charge in [0.05, 0.1) is 0 Å². The number of nitrogens with one attached hydrogen (secondary N) is 2. The first-order valence-corrected chi connectivity index (χ1v) is 7.09. The van der Waals surface area contributed by atoms with Crippen LogP contribution in [0.4, 0.5) is 4.79 Å². The normalized spacial score (nSPS) is 25.0. The second-order valence-electron chi connectivity index (χ2n) is 5.98. The predicted octanol–water partition coefficient (Wildman–Crippen LogP) is 3.14. The van der Waals surface area contributed by atoms with Crippen molar-refractivity contribution in [1.82, 2.24) is 10.6 Å². The monoisotopic (exact) mass is 278 g/mol. The molecule has 4 heteroatoms. The number of hydrogen-bond acceptors (Lipinski definition) is 3. The third kappa shape index (κ3) is 7.02. The van der Waals surface area contributed by atoms with Gasteiger partial charge in [-0.2, -0.15) is 0 Å². The van der Waals surface area contributed by atoms with Crippen molar-refractivity contribution in [2.24, 2.45) is 5.92 Å². The lowest BCUT2D eigenvalue weighted by atomic mass is 9.96. The third-order valence-corrected chi connectivity index (χ3v) is 2.96. The summed E-state index contributed by atoms with van der Waals surface area (Å²) in [6, 6.07) is 0. The number of allylic oxidation sites excluding steroid dienone is 4. The molecular formula is C16H26N2O2. The lowest BCUT2D eigenvalue weighted by molar-refractivity contribution is 0.0525. The van der Waals surface area contributed by atoms with Gasteiger partial charge in [-0.05, 0) is 52.3 Å². The fraction of sp³-hybridized carbons (Fsp3) is 0.562. The minimum absolute atomic E-state index is 0.352. The smallest absolute Gasteiger partial charge is 0.407 e. The van der Waals surface area contributed by atoms with Crippen molar-refractivity contribution in [3.63, 3.8) is 0 Å². The Morgan fingerprint density at radius 2 is 2.15 bits per heavy atom. The van der Waals surface area contributed by atoms with Gasteiger partial charge >= 0.3 is 6.09 Å². The van der Waals surface area contributed by atoms with Gasteiger partial charge in [-0.3, -0.25) is 0 Å². The van der Waals surface area contributed by atoms with E-state index < -0.39 is 5.60 Å². The van der Waals surface area contributed by atoms with Gasteiger partial charge in [0.2, 0.25) is 0 Å². The van der Waals surface area contributed by atoms with Crippen LogP contribution in [0.1, 0.15) is 34.1 Å². The summed E-state index contributed by atoms with van der Waals surface area (Å²) >= 11 is 0. The van der Waals surface area contributed by atoms with Crippen LogP contribution in [0.25, 0.3) is 0 Å². The van der Waals surface area contributed by atoms with Crippen molar-refractivity contribution >= 4 is 6.09 Å². The number of hydrogen-bond donors (Lipinski definition) is 2. The molecule has 0 radical (unpaired) electrons. The number of carbonyl (C=O) groups is 1. The van der Waals surface area contributed by atoms with E-state index in [1.807, 2.05) is 45.2 Å². The first-order valence-electron chi connectivity index (χ1n) is 7.09. The summed E-state index contributed by atoms with van der Waals surface area (Å²) in [6.07, 6.45) is 10.6. The van der Waals surface area contributed by atoms with E-state index in [2.05, 4.69) is 23.6 Å². The van der Waals surface area contributed by atoms with Gasteiger partial charge in [0.25, 0.3) is 0 Å². The van der Waals surface area contributed by atoms with Gasteiger partial charge in [-0.15, -0.1) is 0 Å². The summed E-state index contributed by atoms with van der Waals surface area (Å²) in [5.74, 6) is 0.400. The molecule has 112 valence electrons. The topological polar surface area (TPSA) is 50.4 Å². The van der Waals surface area contributed by atoms with Gasteiger partial charge in [-0.1, -0.05) is 23.8 Å². The van der Waals surface area contributed by atoms with Gasteiger partial charge < -0.3 is 15.4 Å². The van der Waals surface area contributed by atoms with E-state index in [0.717, 1.165) is 13.0 Å². The molecule has 1 unspecified atom stereocenters. The van der Waals surface area contributed by atoms with Crippen molar-refractivity contribution < 1.29 is 9.53 Å². The molecule has 1 amide bonds. The Bertz CT molecular complexity index is 403. The Morgan fingerprint density at radius 1 is 1.40 bits per heavy atom. The van der Waals surface area contributed by atoms with Crippen LogP contribution in [-0.2, 0) is 4.74 Å². The van der Waals surface area contributed by atoms with Crippen molar-refractivity contribution in [2.45, 2.75) is 39.7 Å². The minimum Gasteiger partial charge on any atom is -0.444 e. The van der Waals surface area contributed by atoms with Gasteiger partial charge in [0.15, 0.2) is 0 Å². The molecule has 0 saturated heterocycles. The first-order chi connectivity index (χ1) is 9.38. The number of rotatable bonds is 3. The predicted molar refractivity (Wildman–Crippen MR) is 82.4 cm³/mol. The highest BCUT2D eigenvalue weighted by atomic mass is 16.6. The Hall–Kier alpha value is -1.71. The minimum atomic E-state index is -0.449. The van der Waals surface area contributed by atoms with E-state index in [0.29, 0.717) is 12.5 Å². The molecule has 2 N–H and O–H groups in total. The van der Waals surface area contributed by atoms with E-state index >= 15 is 0 Å². The van der Waals surface area contributed by atoms with Crippen molar-refractivity contribution in [1.29, 1.82) is 0 Å². The van der Waals surface area contributed by atoms with E-state index in [1.165, 1.54) is 5.57 Å². The molecule has 4 nitrogen and oxygen atoms in total. The number of carbonyl (C=O) groups excluding carboxylic acids is 1. The molecular weight excluding hydrogens is 252 g/mol. The lowest BCUT2D eigenvalue weighted by Crippen LogP contribution is -2.34. The van der Waals surface area contributed by atoms with E-state index in [9.17, 15) is 4.79 Å². The maximum Gasteiger partial charge on any atom is 0.407 e.